The molecular formula is C24H28N4O3S3. The second-order valence-electron chi connectivity index (χ2n) is 8.10. The van der Waals surface area contributed by atoms with Crippen molar-refractivity contribution in [1.82, 2.24) is 14.3 Å². The number of fused-ring (bicyclic) bond motifs is 3. The molecule has 4 rings (SSSR count). The van der Waals surface area contributed by atoms with Crippen LogP contribution >= 0.6 is 22.7 Å². The lowest BCUT2D eigenvalue weighted by Gasteiger charge is -2.22. The number of aromatic nitrogens is 2. The van der Waals surface area contributed by atoms with Crippen LogP contribution in [0.2, 0.25) is 0 Å². The van der Waals surface area contributed by atoms with Crippen molar-refractivity contribution < 1.29 is 13.2 Å². The minimum atomic E-state index is -3.60. The zero-order chi connectivity index (χ0) is 24.3. The van der Waals surface area contributed by atoms with E-state index in [9.17, 15) is 13.2 Å². The Morgan fingerprint density at radius 1 is 0.912 bits per heavy atom. The van der Waals surface area contributed by atoms with E-state index >= 15 is 0 Å². The first-order valence-electron chi connectivity index (χ1n) is 11.4. The van der Waals surface area contributed by atoms with E-state index in [0.29, 0.717) is 23.8 Å². The SMILES string of the molecule is CCCCN(CCCC)S(=O)(=O)c1ccc(C(=O)Nc2nc3ccc4nc(C)sc4c3s2)cc1. The molecular weight excluding hydrogens is 488 g/mol. The number of nitrogens with zero attached hydrogens (tertiary/aromatic N) is 3. The van der Waals surface area contributed by atoms with Gasteiger partial charge >= 0.3 is 0 Å². The number of carbonyl (C=O) groups is 1. The average molecular weight is 517 g/mol. The molecule has 7 nitrogen and oxygen atoms in total. The number of carbonyl (C=O) groups excluding carboxylic acids is 1. The topological polar surface area (TPSA) is 92.3 Å². The number of sulfonamides is 1. The van der Waals surface area contributed by atoms with Crippen LogP contribution in [0.3, 0.4) is 0 Å². The molecule has 0 radical (unpaired) electrons. The molecule has 1 N–H and O–H groups in total. The molecule has 0 saturated heterocycles. The third-order valence-corrected chi connectivity index (χ3v) is 9.57. The van der Waals surface area contributed by atoms with Crippen LogP contribution in [0.15, 0.2) is 41.3 Å². The summed E-state index contributed by atoms with van der Waals surface area (Å²) in [6.45, 7) is 7.07. The average Bonchev–Trinajstić information content (AvgIpc) is 3.41. The van der Waals surface area contributed by atoms with Crippen LogP contribution in [-0.2, 0) is 10.0 Å². The van der Waals surface area contributed by atoms with Crippen molar-refractivity contribution in [1.29, 1.82) is 0 Å². The molecule has 180 valence electrons. The second-order valence-corrected chi connectivity index (χ2v) is 12.2. The van der Waals surface area contributed by atoms with Crippen molar-refractivity contribution in [3.8, 4) is 0 Å². The summed E-state index contributed by atoms with van der Waals surface area (Å²) in [6.07, 6.45) is 3.49. The van der Waals surface area contributed by atoms with Crippen LogP contribution in [0.1, 0.15) is 54.9 Å². The maximum atomic E-state index is 13.1. The van der Waals surface area contributed by atoms with E-state index in [2.05, 4.69) is 15.3 Å². The molecule has 0 spiro atoms. The van der Waals surface area contributed by atoms with Gasteiger partial charge in [-0.05, 0) is 56.2 Å². The number of thiazole rings is 2. The van der Waals surface area contributed by atoms with Crippen molar-refractivity contribution in [2.45, 2.75) is 51.3 Å². The van der Waals surface area contributed by atoms with Gasteiger partial charge in [-0.1, -0.05) is 38.0 Å². The fourth-order valence-corrected chi connectivity index (χ4v) is 7.17. The van der Waals surface area contributed by atoms with Gasteiger partial charge in [0.15, 0.2) is 5.13 Å². The summed E-state index contributed by atoms with van der Waals surface area (Å²) in [5.74, 6) is -0.325. The maximum absolute atomic E-state index is 13.1. The van der Waals surface area contributed by atoms with E-state index in [1.807, 2.05) is 32.9 Å². The Hall–Kier alpha value is -2.40. The lowest BCUT2D eigenvalue weighted by Crippen LogP contribution is -2.33. The summed E-state index contributed by atoms with van der Waals surface area (Å²) in [4.78, 5) is 22.1. The summed E-state index contributed by atoms with van der Waals surface area (Å²) < 4.78 is 29.9. The molecule has 0 aliphatic carbocycles. The largest absolute Gasteiger partial charge is 0.298 e. The summed E-state index contributed by atoms with van der Waals surface area (Å²) in [7, 11) is -3.60. The Morgan fingerprint density at radius 3 is 2.12 bits per heavy atom. The third kappa shape index (κ3) is 5.14. The van der Waals surface area contributed by atoms with E-state index in [1.165, 1.54) is 23.5 Å². The number of benzene rings is 2. The number of anilines is 1. The molecule has 1 amide bonds. The smallest absolute Gasteiger partial charge is 0.257 e. The molecule has 34 heavy (non-hydrogen) atoms. The second kappa shape index (κ2) is 10.5. The Kier molecular flexibility index (Phi) is 7.61. The first-order chi connectivity index (χ1) is 16.3. The molecule has 0 atom stereocenters. The minimum absolute atomic E-state index is 0.208. The summed E-state index contributed by atoms with van der Waals surface area (Å²) in [5.41, 5.74) is 2.13. The van der Waals surface area contributed by atoms with Gasteiger partial charge in [-0.2, -0.15) is 4.31 Å². The minimum Gasteiger partial charge on any atom is -0.298 e. The molecule has 0 fully saturated rings. The van der Waals surface area contributed by atoms with Gasteiger partial charge in [0.2, 0.25) is 10.0 Å². The number of aryl methyl sites for hydroxylation is 1. The van der Waals surface area contributed by atoms with Gasteiger partial charge in [0, 0.05) is 18.7 Å². The molecule has 0 unspecified atom stereocenters. The quantitative estimate of drug-likeness (QED) is 0.277. The van der Waals surface area contributed by atoms with Gasteiger partial charge < -0.3 is 0 Å². The van der Waals surface area contributed by atoms with Gasteiger partial charge in [0.1, 0.15) is 0 Å². The maximum Gasteiger partial charge on any atom is 0.257 e. The summed E-state index contributed by atoms with van der Waals surface area (Å²) in [5, 5.41) is 4.33. The predicted octanol–water partition coefficient (Wildman–Crippen LogP) is 6.06. The van der Waals surface area contributed by atoms with E-state index in [-0.39, 0.29) is 10.8 Å². The van der Waals surface area contributed by atoms with Crippen LogP contribution in [-0.4, -0.2) is 41.7 Å². The standard InChI is InChI=1S/C24H28N4O3S3/c1-4-6-14-28(15-7-5-2)34(30,31)18-10-8-17(9-11-18)23(29)27-24-26-20-13-12-19-21(22(20)33-24)32-16(3)25-19/h8-13H,4-7,14-15H2,1-3H3,(H,26,27,29). The molecule has 0 bridgehead atoms. The van der Waals surface area contributed by atoms with E-state index in [4.69, 9.17) is 0 Å². The van der Waals surface area contributed by atoms with Crippen LogP contribution in [0.4, 0.5) is 5.13 Å². The highest BCUT2D eigenvalue weighted by Gasteiger charge is 2.24. The van der Waals surface area contributed by atoms with Gasteiger partial charge in [-0.25, -0.2) is 18.4 Å². The fraction of sp³-hybridized carbons (Fsp3) is 0.375. The summed E-state index contributed by atoms with van der Waals surface area (Å²) >= 11 is 3.03. The van der Waals surface area contributed by atoms with Crippen molar-refractivity contribution in [3.63, 3.8) is 0 Å². The number of hydrogen-bond acceptors (Lipinski definition) is 7. The zero-order valence-electron chi connectivity index (χ0n) is 19.5. The lowest BCUT2D eigenvalue weighted by molar-refractivity contribution is 0.102. The normalized spacial score (nSPS) is 12.1. The molecule has 0 aliphatic heterocycles. The highest BCUT2D eigenvalue weighted by atomic mass is 32.2. The van der Waals surface area contributed by atoms with Crippen molar-refractivity contribution >= 4 is 64.2 Å². The molecule has 4 aromatic rings. The first-order valence-corrected chi connectivity index (χ1v) is 14.5. The lowest BCUT2D eigenvalue weighted by atomic mass is 10.2. The Bertz CT molecular complexity index is 1400. The Labute approximate surface area is 207 Å². The predicted molar refractivity (Wildman–Crippen MR) is 141 cm³/mol. The molecule has 2 heterocycles. The number of amides is 1. The third-order valence-electron chi connectivity index (χ3n) is 5.52. The van der Waals surface area contributed by atoms with Crippen molar-refractivity contribution in [3.05, 3.63) is 47.0 Å². The molecule has 10 heteroatoms. The number of hydrogen-bond donors (Lipinski definition) is 1. The highest BCUT2D eigenvalue weighted by Crippen LogP contribution is 2.35. The van der Waals surface area contributed by atoms with E-state index in [0.717, 1.165) is 51.1 Å². The van der Waals surface area contributed by atoms with Crippen LogP contribution in [0.25, 0.3) is 20.4 Å². The van der Waals surface area contributed by atoms with Crippen molar-refractivity contribution in [2.24, 2.45) is 0 Å². The van der Waals surface area contributed by atoms with E-state index < -0.39 is 10.0 Å². The van der Waals surface area contributed by atoms with Crippen LogP contribution in [0, 0.1) is 6.92 Å². The number of nitrogens with one attached hydrogen (secondary N) is 1. The highest BCUT2D eigenvalue weighted by molar-refractivity contribution is 7.89. The zero-order valence-corrected chi connectivity index (χ0v) is 21.9. The number of unbranched alkanes of at least 4 members (excludes halogenated alkanes) is 2. The molecule has 2 aromatic carbocycles. The fourth-order valence-electron chi connectivity index (χ4n) is 3.66. The van der Waals surface area contributed by atoms with Gasteiger partial charge in [0.05, 0.1) is 30.3 Å². The molecule has 0 saturated carbocycles. The Morgan fingerprint density at radius 2 is 1.50 bits per heavy atom. The van der Waals surface area contributed by atoms with E-state index in [1.54, 1.807) is 27.8 Å². The molecule has 0 aliphatic rings. The van der Waals surface area contributed by atoms with Gasteiger partial charge in [0.25, 0.3) is 5.91 Å². The molecule has 2 aromatic heterocycles. The monoisotopic (exact) mass is 516 g/mol. The van der Waals surface area contributed by atoms with Gasteiger partial charge in [-0.15, -0.1) is 11.3 Å². The van der Waals surface area contributed by atoms with Crippen molar-refractivity contribution in [2.75, 3.05) is 18.4 Å². The van der Waals surface area contributed by atoms with Crippen LogP contribution in [0.5, 0.6) is 0 Å². The summed E-state index contributed by atoms with van der Waals surface area (Å²) in [6, 6.07) is 9.98. The Balaban J connectivity index is 1.52. The number of rotatable bonds is 10. The van der Waals surface area contributed by atoms with Gasteiger partial charge in [-0.3, -0.25) is 10.1 Å². The first kappa shape index (κ1) is 24.7. The van der Waals surface area contributed by atoms with Crippen LogP contribution < -0.4 is 5.32 Å².